The third-order valence-electron chi connectivity index (χ3n) is 2.20. The fraction of sp³-hybridized carbons (Fsp3) is 0.333. The smallest absolute Gasteiger partial charge is 0.237 e. The lowest BCUT2D eigenvalue weighted by Crippen LogP contribution is -2.45. The summed E-state index contributed by atoms with van der Waals surface area (Å²) in [5.41, 5.74) is 6.41. The number of carbonyl (C=O) groups is 2. The highest BCUT2D eigenvalue weighted by Gasteiger charge is 2.14. The van der Waals surface area contributed by atoms with Gasteiger partial charge in [-0.15, -0.1) is 0 Å². The molecule has 1 aromatic rings. The summed E-state index contributed by atoms with van der Waals surface area (Å²) < 4.78 is 0. The van der Waals surface area contributed by atoms with Crippen molar-refractivity contribution in [1.29, 1.82) is 0 Å². The van der Waals surface area contributed by atoms with E-state index in [1.165, 1.54) is 0 Å². The Labute approximate surface area is 94.8 Å². The number of rotatable bonds is 5. The van der Waals surface area contributed by atoms with E-state index < -0.39 is 12.1 Å². The number of nitrogens with one attached hydrogen (secondary N) is 1. The van der Waals surface area contributed by atoms with Crippen molar-refractivity contribution in [3.8, 4) is 0 Å². The van der Waals surface area contributed by atoms with E-state index in [2.05, 4.69) is 5.32 Å². The molecule has 0 spiro atoms. The van der Waals surface area contributed by atoms with Gasteiger partial charge in [0.1, 0.15) is 6.29 Å². The predicted octanol–water partition coefficient (Wildman–Crippen LogP) is 0.260. The lowest BCUT2D eigenvalue weighted by Gasteiger charge is -2.14. The van der Waals surface area contributed by atoms with Gasteiger partial charge in [-0.3, -0.25) is 4.79 Å². The maximum Gasteiger partial charge on any atom is 0.237 e. The van der Waals surface area contributed by atoms with Crippen molar-refractivity contribution in [3.63, 3.8) is 0 Å². The summed E-state index contributed by atoms with van der Waals surface area (Å²) in [6, 6.07) is 8.40. The van der Waals surface area contributed by atoms with Crippen LogP contribution in [-0.4, -0.2) is 24.3 Å². The number of hydrogen-bond acceptors (Lipinski definition) is 3. The molecule has 0 radical (unpaired) electrons. The Morgan fingerprint density at radius 1 is 1.44 bits per heavy atom. The molecule has 2 atom stereocenters. The minimum Gasteiger partial charge on any atom is -0.345 e. The van der Waals surface area contributed by atoms with E-state index in [-0.39, 0.29) is 5.91 Å². The van der Waals surface area contributed by atoms with E-state index in [1.54, 1.807) is 6.92 Å². The van der Waals surface area contributed by atoms with Crippen molar-refractivity contribution in [3.05, 3.63) is 35.9 Å². The molecule has 1 rings (SSSR count). The van der Waals surface area contributed by atoms with E-state index in [1.807, 2.05) is 30.3 Å². The van der Waals surface area contributed by atoms with E-state index in [4.69, 9.17) is 5.73 Å². The van der Waals surface area contributed by atoms with Crippen LogP contribution in [0.3, 0.4) is 0 Å². The number of benzene rings is 1. The molecular weight excluding hydrogens is 204 g/mol. The lowest BCUT2D eigenvalue weighted by molar-refractivity contribution is -0.124. The molecule has 4 nitrogen and oxygen atoms in total. The van der Waals surface area contributed by atoms with Crippen LogP contribution in [0.2, 0.25) is 0 Å². The molecule has 0 heterocycles. The van der Waals surface area contributed by atoms with Gasteiger partial charge in [0, 0.05) is 0 Å². The molecule has 0 aliphatic heterocycles. The van der Waals surface area contributed by atoms with Gasteiger partial charge in [0.2, 0.25) is 5.91 Å². The van der Waals surface area contributed by atoms with Gasteiger partial charge in [0.25, 0.3) is 0 Å². The average molecular weight is 220 g/mol. The zero-order valence-corrected chi connectivity index (χ0v) is 9.22. The second-order valence-corrected chi connectivity index (χ2v) is 3.73. The molecule has 1 aromatic carbocycles. The highest BCUT2D eigenvalue weighted by molar-refractivity contribution is 5.83. The van der Waals surface area contributed by atoms with Crippen LogP contribution < -0.4 is 11.1 Å². The highest BCUT2D eigenvalue weighted by Crippen LogP contribution is 2.01. The molecule has 86 valence electrons. The minimum atomic E-state index is -0.599. The van der Waals surface area contributed by atoms with Gasteiger partial charge in [0.05, 0.1) is 12.1 Å². The summed E-state index contributed by atoms with van der Waals surface area (Å²) in [7, 11) is 0. The SMILES string of the molecule is C[C@H](N)C(=O)N[C@H](C=O)Cc1ccccc1. The largest absolute Gasteiger partial charge is 0.345 e. The van der Waals surface area contributed by atoms with Crippen molar-refractivity contribution >= 4 is 12.2 Å². The van der Waals surface area contributed by atoms with E-state index >= 15 is 0 Å². The van der Waals surface area contributed by atoms with Gasteiger partial charge in [-0.1, -0.05) is 30.3 Å². The second kappa shape index (κ2) is 6.02. The molecule has 0 aromatic heterocycles. The molecule has 0 unspecified atom stereocenters. The Balaban J connectivity index is 2.56. The van der Waals surface area contributed by atoms with Crippen LogP contribution in [0.5, 0.6) is 0 Å². The molecule has 0 saturated heterocycles. The summed E-state index contributed by atoms with van der Waals surface area (Å²) in [6.45, 7) is 1.58. The monoisotopic (exact) mass is 220 g/mol. The molecule has 3 N–H and O–H groups in total. The van der Waals surface area contributed by atoms with Gasteiger partial charge in [-0.25, -0.2) is 0 Å². The van der Waals surface area contributed by atoms with Gasteiger partial charge in [-0.2, -0.15) is 0 Å². The zero-order valence-electron chi connectivity index (χ0n) is 9.22. The van der Waals surface area contributed by atoms with Crippen molar-refractivity contribution in [2.24, 2.45) is 5.73 Å². The summed E-state index contributed by atoms with van der Waals surface area (Å²) in [5.74, 6) is -0.312. The Bertz CT molecular complexity index is 349. The average Bonchev–Trinajstić information content (AvgIpc) is 2.29. The summed E-state index contributed by atoms with van der Waals surface area (Å²) in [4.78, 5) is 22.1. The standard InChI is InChI=1S/C12H16N2O2/c1-9(13)12(16)14-11(8-15)7-10-5-3-2-4-6-10/h2-6,8-9,11H,7,13H2,1H3,(H,14,16)/t9-,11-/m0/s1. The molecule has 4 heteroatoms. The van der Waals surface area contributed by atoms with Crippen LogP contribution in [0, 0.1) is 0 Å². The normalized spacial score (nSPS) is 13.9. The molecule has 0 bridgehead atoms. The number of aldehydes is 1. The summed E-state index contributed by atoms with van der Waals surface area (Å²) in [5, 5.41) is 2.58. The van der Waals surface area contributed by atoms with Crippen LogP contribution in [0.15, 0.2) is 30.3 Å². The maximum absolute atomic E-state index is 11.3. The molecule has 0 aliphatic rings. The summed E-state index contributed by atoms with van der Waals surface area (Å²) >= 11 is 0. The third-order valence-corrected chi connectivity index (χ3v) is 2.20. The minimum absolute atomic E-state index is 0.312. The fourth-order valence-electron chi connectivity index (χ4n) is 1.32. The van der Waals surface area contributed by atoms with E-state index in [0.29, 0.717) is 6.42 Å². The number of carbonyl (C=O) groups excluding carboxylic acids is 2. The zero-order chi connectivity index (χ0) is 12.0. The fourth-order valence-corrected chi connectivity index (χ4v) is 1.32. The molecule has 0 aliphatic carbocycles. The van der Waals surface area contributed by atoms with Gasteiger partial charge < -0.3 is 15.8 Å². The van der Waals surface area contributed by atoms with Crippen LogP contribution in [-0.2, 0) is 16.0 Å². The Morgan fingerprint density at radius 3 is 2.56 bits per heavy atom. The molecule has 16 heavy (non-hydrogen) atoms. The van der Waals surface area contributed by atoms with Gasteiger partial charge in [0.15, 0.2) is 0 Å². The van der Waals surface area contributed by atoms with Crippen LogP contribution in [0.25, 0.3) is 0 Å². The first-order valence-electron chi connectivity index (χ1n) is 5.18. The molecule has 0 fully saturated rings. The highest BCUT2D eigenvalue weighted by atomic mass is 16.2. The Hall–Kier alpha value is -1.68. The van der Waals surface area contributed by atoms with E-state index in [9.17, 15) is 9.59 Å². The maximum atomic E-state index is 11.3. The molecular formula is C12H16N2O2. The number of amides is 1. The Morgan fingerprint density at radius 2 is 2.06 bits per heavy atom. The van der Waals surface area contributed by atoms with Gasteiger partial charge >= 0.3 is 0 Å². The van der Waals surface area contributed by atoms with E-state index in [0.717, 1.165) is 11.8 Å². The molecule has 0 saturated carbocycles. The van der Waals surface area contributed by atoms with Crippen molar-refractivity contribution in [2.45, 2.75) is 25.4 Å². The second-order valence-electron chi connectivity index (χ2n) is 3.73. The number of hydrogen-bond donors (Lipinski definition) is 2. The van der Waals surface area contributed by atoms with Gasteiger partial charge in [-0.05, 0) is 18.9 Å². The predicted molar refractivity (Wildman–Crippen MR) is 61.8 cm³/mol. The first-order valence-corrected chi connectivity index (χ1v) is 5.18. The van der Waals surface area contributed by atoms with Crippen LogP contribution in [0.4, 0.5) is 0 Å². The van der Waals surface area contributed by atoms with Crippen molar-refractivity contribution in [2.75, 3.05) is 0 Å². The summed E-state index contributed by atoms with van der Waals surface area (Å²) in [6.07, 6.45) is 1.22. The van der Waals surface area contributed by atoms with Crippen LogP contribution in [0.1, 0.15) is 12.5 Å². The molecule has 1 amide bonds. The Kier molecular flexibility index (Phi) is 4.66. The lowest BCUT2D eigenvalue weighted by atomic mass is 10.1. The first-order chi connectivity index (χ1) is 7.63. The topological polar surface area (TPSA) is 72.2 Å². The van der Waals surface area contributed by atoms with Crippen molar-refractivity contribution < 1.29 is 9.59 Å². The van der Waals surface area contributed by atoms with Crippen molar-refractivity contribution in [1.82, 2.24) is 5.32 Å². The quantitative estimate of drug-likeness (QED) is 0.699. The third kappa shape index (κ3) is 3.82. The van der Waals surface area contributed by atoms with Crippen LogP contribution >= 0.6 is 0 Å². The first kappa shape index (κ1) is 12.4. The number of nitrogens with two attached hydrogens (primary N) is 1.